The molecule has 74 valence electrons. The number of halogens is 1. The van der Waals surface area contributed by atoms with Gasteiger partial charge in [0.05, 0.1) is 6.26 Å². The zero-order chi connectivity index (χ0) is 10.3. The van der Waals surface area contributed by atoms with Crippen LogP contribution in [0.3, 0.4) is 0 Å². The van der Waals surface area contributed by atoms with Crippen molar-refractivity contribution in [1.82, 2.24) is 19.8 Å². The molecule has 0 saturated carbocycles. The van der Waals surface area contributed by atoms with Crippen molar-refractivity contribution < 1.29 is 4.42 Å². The number of hydrogen-bond donors (Lipinski definition) is 0. The van der Waals surface area contributed by atoms with E-state index in [9.17, 15) is 0 Å². The summed E-state index contributed by atoms with van der Waals surface area (Å²) in [6.07, 6.45) is 1.57. The van der Waals surface area contributed by atoms with Gasteiger partial charge in [-0.25, -0.2) is 0 Å². The monoisotopic (exact) mass is 220 g/mol. The summed E-state index contributed by atoms with van der Waals surface area (Å²) < 4.78 is 6.76. The fourth-order valence-corrected chi connectivity index (χ4v) is 1.46. The van der Waals surface area contributed by atoms with Crippen molar-refractivity contribution in [2.75, 3.05) is 0 Å². The SMILES string of the molecule is Clc1ccc2nnc(-c3ccco3)n2n1. The molecule has 3 rings (SSSR count). The van der Waals surface area contributed by atoms with Crippen LogP contribution in [0.15, 0.2) is 34.9 Å². The van der Waals surface area contributed by atoms with Crippen molar-refractivity contribution in [2.24, 2.45) is 0 Å². The van der Waals surface area contributed by atoms with E-state index < -0.39 is 0 Å². The Kier molecular flexibility index (Phi) is 1.72. The average molecular weight is 221 g/mol. The molecule has 0 amide bonds. The van der Waals surface area contributed by atoms with E-state index in [1.165, 1.54) is 0 Å². The quantitative estimate of drug-likeness (QED) is 0.630. The summed E-state index contributed by atoms with van der Waals surface area (Å²) >= 11 is 5.79. The molecule has 5 nitrogen and oxygen atoms in total. The summed E-state index contributed by atoms with van der Waals surface area (Å²) in [5.41, 5.74) is 0.630. The second kappa shape index (κ2) is 3.06. The van der Waals surface area contributed by atoms with E-state index in [4.69, 9.17) is 16.0 Å². The molecule has 0 saturated heterocycles. The molecule has 0 spiro atoms. The van der Waals surface area contributed by atoms with Crippen LogP contribution in [0.25, 0.3) is 17.2 Å². The Hall–Kier alpha value is -1.88. The molecule has 0 fully saturated rings. The normalized spacial score (nSPS) is 11.0. The van der Waals surface area contributed by atoms with Crippen molar-refractivity contribution in [2.45, 2.75) is 0 Å². The van der Waals surface area contributed by atoms with Crippen LogP contribution in [-0.2, 0) is 0 Å². The Morgan fingerprint density at radius 1 is 1.20 bits per heavy atom. The lowest BCUT2D eigenvalue weighted by atomic mass is 10.4. The molecule has 6 heteroatoms. The van der Waals surface area contributed by atoms with Gasteiger partial charge in [-0.15, -0.1) is 10.2 Å². The van der Waals surface area contributed by atoms with Gasteiger partial charge in [0.1, 0.15) is 5.15 Å². The molecule has 0 aliphatic rings. The number of nitrogens with zero attached hydrogens (tertiary/aromatic N) is 4. The lowest BCUT2D eigenvalue weighted by Crippen LogP contribution is -1.93. The molecule has 0 bridgehead atoms. The van der Waals surface area contributed by atoms with E-state index >= 15 is 0 Å². The van der Waals surface area contributed by atoms with Crippen molar-refractivity contribution in [3.8, 4) is 11.6 Å². The third-order valence-corrected chi connectivity index (χ3v) is 2.17. The number of furan rings is 1. The fraction of sp³-hybridized carbons (Fsp3) is 0. The summed E-state index contributed by atoms with van der Waals surface area (Å²) in [6, 6.07) is 6.98. The van der Waals surface area contributed by atoms with E-state index in [1.54, 1.807) is 35.0 Å². The minimum atomic E-state index is 0.384. The lowest BCUT2D eigenvalue weighted by molar-refractivity contribution is 0.574. The van der Waals surface area contributed by atoms with Crippen molar-refractivity contribution in [3.05, 3.63) is 35.7 Å². The molecule has 15 heavy (non-hydrogen) atoms. The van der Waals surface area contributed by atoms with Crippen LogP contribution in [0.5, 0.6) is 0 Å². The van der Waals surface area contributed by atoms with Crippen LogP contribution in [-0.4, -0.2) is 19.8 Å². The van der Waals surface area contributed by atoms with Crippen molar-refractivity contribution in [1.29, 1.82) is 0 Å². The molecule has 0 aliphatic heterocycles. The Morgan fingerprint density at radius 3 is 2.93 bits per heavy atom. The molecule has 3 aromatic rings. The van der Waals surface area contributed by atoms with Crippen LogP contribution in [0.2, 0.25) is 5.15 Å². The van der Waals surface area contributed by atoms with Crippen LogP contribution >= 0.6 is 11.6 Å². The Balaban J connectivity index is 2.32. The Morgan fingerprint density at radius 2 is 2.13 bits per heavy atom. The second-order valence-electron chi connectivity index (χ2n) is 2.93. The molecule has 0 aromatic carbocycles. The molecule has 3 aromatic heterocycles. The zero-order valence-electron chi connectivity index (χ0n) is 7.46. The van der Waals surface area contributed by atoms with Gasteiger partial charge in [-0.2, -0.15) is 9.61 Å². The topological polar surface area (TPSA) is 56.2 Å². The van der Waals surface area contributed by atoms with E-state index in [-0.39, 0.29) is 0 Å². The minimum absolute atomic E-state index is 0.384. The van der Waals surface area contributed by atoms with E-state index in [0.29, 0.717) is 22.4 Å². The smallest absolute Gasteiger partial charge is 0.220 e. The second-order valence-corrected chi connectivity index (χ2v) is 3.31. The fourth-order valence-electron chi connectivity index (χ4n) is 1.33. The first-order valence-corrected chi connectivity index (χ1v) is 4.64. The first-order valence-electron chi connectivity index (χ1n) is 4.26. The maximum Gasteiger partial charge on any atom is 0.220 e. The number of hydrogen-bond acceptors (Lipinski definition) is 4. The highest BCUT2D eigenvalue weighted by atomic mass is 35.5. The van der Waals surface area contributed by atoms with E-state index in [1.807, 2.05) is 0 Å². The van der Waals surface area contributed by atoms with Crippen LogP contribution in [0.1, 0.15) is 0 Å². The zero-order valence-corrected chi connectivity index (χ0v) is 8.22. The predicted molar refractivity (Wildman–Crippen MR) is 53.5 cm³/mol. The molecule has 3 heterocycles. The highest BCUT2D eigenvalue weighted by Crippen LogP contribution is 2.18. The number of fused-ring (bicyclic) bond motifs is 1. The third-order valence-electron chi connectivity index (χ3n) is 1.97. The van der Waals surface area contributed by atoms with Gasteiger partial charge >= 0.3 is 0 Å². The maximum absolute atomic E-state index is 5.79. The lowest BCUT2D eigenvalue weighted by Gasteiger charge is -1.94. The summed E-state index contributed by atoms with van der Waals surface area (Å²) in [5, 5.41) is 12.4. The minimum Gasteiger partial charge on any atom is -0.461 e. The van der Waals surface area contributed by atoms with Gasteiger partial charge in [0, 0.05) is 0 Å². The Bertz CT molecular complexity index is 602. The predicted octanol–water partition coefficient (Wildman–Crippen LogP) is 2.04. The largest absolute Gasteiger partial charge is 0.461 e. The first-order chi connectivity index (χ1) is 7.34. The highest BCUT2D eigenvalue weighted by molar-refractivity contribution is 6.29. The number of aromatic nitrogens is 4. The standard InChI is InChI=1S/C9H5ClN4O/c10-7-3-4-8-11-12-9(14(8)13-7)6-2-1-5-15-6/h1-5H. The average Bonchev–Trinajstić information content (AvgIpc) is 2.83. The summed E-state index contributed by atoms with van der Waals surface area (Å²) in [6.45, 7) is 0. The van der Waals surface area contributed by atoms with Gasteiger partial charge < -0.3 is 4.42 Å². The molecular weight excluding hydrogens is 216 g/mol. The third kappa shape index (κ3) is 1.28. The van der Waals surface area contributed by atoms with Gasteiger partial charge in [-0.1, -0.05) is 11.6 Å². The first kappa shape index (κ1) is 8.43. The molecular formula is C9H5ClN4O. The van der Waals surface area contributed by atoms with Gasteiger partial charge in [0.2, 0.25) is 5.82 Å². The van der Waals surface area contributed by atoms with Crippen molar-refractivity contribution in [3.63, 3.8) is 0 Å². The maximum atomic E-state index is 5.79. The van der Waals surface area contributed by atoms with Crippen molar-refractivity contribution >= 4 is 17.2 Å². The summed E-state index contributed by atoms with van der Waals surface area (Å²) in [7, 11) is 0. The van der Waals surface area contributed by atoms with Crippen LogP contribution < -0.4 is 0 Å². The van der Waals surface area contributed by atoms with Gasteiger partial charge in [-0.05, 0) is 24.3 Å². The van der Waals surface area contributed by atoms with Gasteiger partial charge in [0.25, 0.3) is 0 Å². The summed E-state index contributed by atoms with van der Waals surface area (Å²) in [4.78, 5) is 0. The molecule has 0 atom stereocenters. The number of rotatable bonds is 1. The molecule has 0 radical (unpaired) electrons. The van der Waals surface area contributed by atoms with Gasteiger partial charge in [0.15, 0.2) is 11.4 Å². The van der Waals surface area contributed by atoms with Crippen LogP contribution in [0, 0.1) is 0 Å². The highest BCUT2D eigenvalue weighted by Gasteiger charge is 2.11. The van der Waals surface area contributed by atoms with E-state index in [2.05, 4.69) is 15.3 Å². The molecule has 0 unspecified atom stereocenters. The van der Waals surface area contributed by atoms with E-state index in [0.717, 1.165) is 0 Å². The Labute approximate surface area is 89.3 Å². The summed E-state index contributed by atoms with van der Waals surface area (Å²) in [5.74, 6) is 1.15. The van der Waals surface area contributed by atoms with Gasteiger partial charge in [-0.3, -0.25) is 0 Å². The van der Waals surface area contributed by atoms with Crippen LogP contribution in [0.4, 0.5) is 0 Å². The molecule has 0 aliphatic carbocycles. The molecule has 0 N–H and O–H groups in total.